The predicted molar refractivity (Wildman–Crippen MR) is 73.0 cm³/mol. The molecule has 0 atom stereocenters. The third-order valence-electron chi connectivity index (χ3n) is 2.73. The molecule has 0 fully saturated rings. The Bertz CT molecular complexity index is 549. The minimum absolute atomic E-state index is 0.0390. The second-order valence-corrected chi connectivity index (χ2v) is 5.09. The molecular weight excluding hydrogens is 246 g/mol. The number of rotatable bonds is 3. The van der Waals surface area contributed by atoms with Crippen LogP contribution in [0.4, 0.5) is 0 Å². The SMILES string of the molecule is Cc1ccc(C(=O)N(C)Cc2ccsc2)c(O)c1. The summed E-state index contributed by atoms with van der Waals surface area (Å²) in [6, 6.07) is 7.08. The second-order valence-electron chi connectivity index (χ2n) is 4.31. The zero-order chi connectivity index (χ0) is 13.1. The van der Waals surface area contributed by atoms with E-state index in [1.807, 2.05) is 29.8 Å². The molecule has 1 aromatic heterocycles. The number of aromatic hydroxyl groups is 1. The largest absolute Gasteiger partial charge is 0.507 e. The number of phenols is 1. The smallest absolute Gasteiger partial charge is 0.257 e. The minimum atomic E-state index is -0.168. The van der Waals surface area contributed by atoms with Crippen LogP contribution in [0.3, 0.4) is 0 Å². The van der Waals surface area contributed by atoms with Gasteiger partial charge in [0.1, 0.15) is 5.75 Å². The normalized spacial score (nSPS) is 10.3. The van der Waals surface area contributed by atoms with Crippen molar-refractivity contribution in [2.45, 2.75) is 13.5 Å². The number of thiophene rings is 1. The molecule has 1 N–H and O–H groups in total. The summed E-state index contributed by atoms with van der Waals surface area (Å²) in [5, 5.41) is 13.8. The third kappa shape index (κ3) is 2.71. The summed E-state index contributed by atoms with van der Waals surface area (Å²) in [7, 11) is 1.74. The molecule has 18 heavy (non-hydrogen) atoms. The number of carbonyl (C=O) groups is 1. The Balaban J connectivity index is 2.15. The maximum atomic E-state index is 12.2. The molecule has 1 amide bonds. The first-order chi connectivity index (χ1) is 8.58. The maximum absolute atomic E-state index is 12.2. The Morgan fingerprint density at radius 3 is 2.78 bits per heavy atom. The van der Waals surface area contributed by atoms with Gasteiger partial charge in [-0.05, 0) is 47.0 Å². The molecule has 4 heteroatoms. The van der Waals surface area contributed by atoms with E-state index >= 15 is 0 Å². The van der Waals surface area contributed by atoms with Crippen LogP contribution >= 0.6 is 11.3 Å². The van der Waals surface area contributed by atoms with E-state index in [0.29, 0.717) is 12.1 Å². The summed E-state index contributed by atoms with van der Waals surface area (Å²) in [6.45, 7) is 2.43. The van der Waals surface area contributed by atoms with Gasteiger partial charge in [0, 0.05) is 13.6 Å². The summed E-state index contributed by atoms with van der Waals surface area (Å²) in [6.07, 6.45) is 0. The molecule has 0 bridgehead atoms. The number of nitrogens with zero attached hydrogens (tertiary/aromatic N) is 1. The number of amides is 1. The van der Waals surface area contributed by atoms with E-state index in [0.717, 1.165) is 11.1 Å². The highest BCUT2D eigenvalue weighted by Crippen LogP contribution is 2.20. The van der Waals surface area contributed by atoms with Gasteiger partial charge < -0.3 is 10.0 Å². The van der Waals surface area contributed by atoms with Crippen molar-refractivity contribution >= 4 is 17.2 Å². The van der Waals surface area contributed by atoms with Gasteiger partial charge in [0.25, 0.3) is 5.91 Å². The van der Waals surface area contributed by atoms with Crippen molar-refractivity contribution in [1.82, 2.24) is 4.90 Å². The average molecular weight is 261 g/mol. The fourth-order valence-electron chi connectivity index (χ4n) is 1.76. The Hall–Kier alpha value is -1.81. The van der Waals surface area contributed by atoms with Gasteiger partial charge in [-0.1, -0.05) is 6.07 Å². The molecule has 0 saturated heterocycles. The monoisotopic (exact) mass is 261 g/mol. The summed E-state index contributed by atoms with van der Waals surface area (Å²) in [4.78, 5) is 13.8. The third-order valence-corrected chi connectivity index (χ3v) is 3.46. The Morgan fingerprint density at radius 1 is 1.39 bits per heavy atom. The Kier molecular flexibility index (Phi) is 3.67. The van der Waals surface area contributed by atoms with Crippen LogP contribution in [-0.4, -0.2) is 23.0 Å². The van der Waals surface area contributed by atoms with Crippen molar-refractivity contribution in [3.05, 3.63) is 51.7 Å². The van der Waals surface area contributed by atoms with Crippen LogP contribution in [0.15, 0.2) is 35.0 Å². The van der Waals surface area contributed by atoms with Crippen molar-refractivity contribution in [1.29, 1.82) is 0 Å². The Morgan fingerprint density at radius 2 is 2.17 bits per heavy atom. The van der Waals surface area contributed by atoms with Gasteiger partial charge in [0.05, 0.1) is 5.56 Å². The molecule has 1 aromatic carbocycles. The number of hydrogen-bond donors (Lipinski definition) is 1. The van der Waals surface area contributed by atoms with Gasteiger partial charge in [-0.15, -0.1) is 0 Å². The highest BCUT2D eigenvalue weighted by Gasteiger charge is 2.15. The first kappa shape index (κ1) is 12.6. The van der Waals surface area contributed by atoms with Gasteiger partial charge in [-0.25, -0.2) is 0 Å². The molecule has 3 nitrogen and oxygen atoms in total. The van der Waals surface area contributed by atoms with E-state index in [2.05, 4.69) is 0 Å². The van der Waals surface area contributed by atoms with Crippen molar-refractivity contribution < 1.29 is 9.90 Å². The summed E-state index contributed by atoms with van der Waals surface area (Å²) < 4.78 is 0. The molecule has 1 heterocycles. The van der Waals surface area contributed by atoms with Crippen LogP contribution in [-0.2, 0) is 6.54 Å². The quantitative estimate of drug-likeness (QED) is 0.922. The number of hydrogen-bond acceptors (Lipinski definition) is 3. The van der Waals surface area contributed by atoms with E-state index in [-0.39, 0.29) is 11.7 Å². The zero-order valence-electron chi connectivity index (χ0n) is 10.4. The molecule has 0 spiro atoms. The van der Waals surface area contributed by atoms with Crippen LogP contribution in [0, 0.1) is 6.92 Å². The maximum Gasteiger partial charge on any atom is 0.257 e. The van der Waals surface area contributed by atoms with E-state index in [1.54, 1.807) is 35.4 Å². The van der Waals surface area contributed by atoms with Crippen LogP contribution in [0.1, 0.15) is 21.5 Å². The standard InChI is InChI=1S/C14H15NO2S/c1-10-3-4-12(13(16)7-10)14(17)15(2)8-11-5-6-18-9-11/h3-7,9,16H,8H2,1-2H3. The molecule has 0 aliphatic rings. The highest BCUT2D eigenvalue weighted by molar-refractivity contribution is 7.07. The topological polar surface area (TPSA) is 40.5 Å². The number of benzene rings is 1. The van der Waals surface area contributed by atoms with E-state index in [1.165, 1.54) is 0 Å². The molecule has 2 aromatic rings. The average Bonchev–Trinajstić information content (AvgIpc) is 2.81. The van der Waals surface area contributed by atoms with Gasteiger partial charge in [-0.3, -0.25) is 4.79 Å². The van der Waals surface area contributed by atoms with Gasteiger partial charge in [-0.2, -0.15) is 11.3 Å². The molecule has 0 radical (unpaired) electrons. The lowest BCUT2D eigenvalue weighted by atomic mass is 10.1. The molecule has 0 unspecified atom stereocenters. The van der Waals surface area contributed by atoms with Crippen LogP contribution in [0.25, 0.3) is 0 Å². The molecule has 0 aliphatic carbocycles. The first-order valence-corrected chi connectivity index (χ1v) is 6.58. The number of carbonyl (C=O) groups excluding carboxylic acids is 1. The first-order valence-electron chi connectivity index (χ1n) is 5.64. The molecule has 94 valence electrons. The molecule has 0 saturated carbocycles. The van der Waals surface area contributed by atoms with Crippen molar-refractivity contribution in [2.24, 2.45) is 0 Å². The fraction of sp³-hybridized carbons (Fsp3) is 0.214. The summed E-state index contributed by atoms with van der Waals surface area (Å²) in [5.74, 6) is -0.129. The summed E-state index contributed by atoms with van der Waals surface area (Å²) >= 11 is 1.61. The van der Waals surface area contributed by atoms with E-state index < -0.39 is 0 Å². The van der Waals surface area contributed by atoms with Crippen LogP contribution in [0.2, 0.25) is 0 Å². The summed E-state index contributed by atoms with van der Waals surface area (Å²) in [5.41, 5.74) is 2.38. The zero-order valence-corrected chi connectivity index (χ0v) is 11.2. The van der Waals surface area contributed by atoms with Crippen molar-refractivity contribution in [3.63, 3.8) is 0 Å². The lowest BCUT2D eigenvalue weighted by Crippen LogP contribution is -2.26. The molecule has 2 rings (SSSR count). The van der Waals surface area contributed by atoms with Gasteiger partial charge in [0.2, 0.25) is 0 Å². The van der Waals surface area contributed by atoms with E-state index in [9.17, 15) is 9.90 Å². The Labute approximate surface area is 110 Å². The minimum Gasteiger partial charge on any atom is -0.507 e. The number of phenolic OH excluding ortho intramolecular Hbond substituents is 1. The van der Waals surface area contributed by atoms with Crippen molar-refractivity contribution in [3.8, 4) is 5.75 Å². The lowest BCUT2D eigenvalue weighted by Gasteiger charge is -2.17. The second kappa shape index (κ2) is 5.23. The van der Waals surface area contributed by atoms with Gasteiger partial charge >= 0.3 is 0 Å². The lowest BCUT2D eigenvalue weighted by molar-refractivity contribution is 0.0782. The molecular formula is C14H15NO2S. The van der Waals surface area contributed by atoms with Gasteiger partial charge in [0.15, 0.2) is 0 Å². The van der Waals surface area contributed by atoms with Crippen molar-refractivity contribution in [2.75, 3.05) is 7.05 Å². The number of aryl methyl sites for hydroxylation is 1. The fourth-order valence-corrected chi connectivity index (χ4v) is 2.42. The van der Waals surface area contributed by atoms with Crippen LogP contribution in [0.5, 0.6) is 5.75 Å². The highest BCUT2D eigenvalue weighted by atomic mass is 32.1. The molecule has 0 aliphatic heterocycles. The predicted octanol–water partition coefficient (Wildman–Crippen LogP) is 3.03. The van der Waals surface area contributed by atoms with Crippen LogP contribution < -0.4 is 0 Å². The van der Waals surface area contributed by atoms with E-state index in [4.69, 9.17) is 0 Å².